The van der Waals surface area contributed by atoms with E-state index in [1.165, 1.54) is 6.20 Å². The van der Waals surface area contributed by atoms with Gasteiger partial charge in [0.05, 0.1) is 6.61 Å². The molecule has 1 aliphatic rings. The van der Waals surface area contributed by atoms with Crippen LogP contribution in [0.15, 0.2) is 35.3 Å². The maximum Gasteiger partial charge on any atom is 0.351 e. The molecule has 4 atom stereocenters. The van der Waals surface area contributed by atoms with Gasteiger partial charge in [-0.15, -0.1) is 0 Å². The first-order chi connectivity index (χ1) is 11.4. The number of aliphatic hydroxyl groups is 2. The lowest BCUT2D eigenvalue weighted by molar-refractivity contribution is -0.0490. The Morgan fingerprint density at radius 3 is 2.62 bits per heavy atom. The second kappa shape index (κ2) is 6.19. The van der Waals surface area contributed by atoms with E-state index in [2.05, 4.69) is 4.98 Å². The van der Waals surface area contributed by atoms with E-state index in [1.807, 2.05) is 0 Å². The Bertz CT molecular complexity index is 812. The normalized spacial score (nSPS) is 26.6. The number of aliphatic hydroxyl groups excluding tert-OH is 2. The molecule has 1 aliphatic heterocycles. The van der Waals surface area contributed by atoms with E-state index in [0.717, 1.165) is 4.57 Å². The van der Waals surface area contributed by atoms with Crippen molar-refractivity contribution in [1.29, 1.82) is 0 Å². The number of hydrogen-bond acceptors (Lipinski definition) is 7. The van der Waals surface area contributed by atoms with Crippen molar-refractivity contribution in [2.24, 2.45) is 0 Å². The van der Waals surface area contributed by atoms with Crippen molar-refractivity contribution in [2.45, 2.75) is 24.6 Å². The van der Waals surface area contributed by atoms with Crippen molar-refractivity contribution in [2.75, 3.05) is 18.1 Å². The fourth-order valence-corrected chi connectivity index (χ4v) is 2.69. The Balaban J connectivity index is 2.09. The molecule has 1 fully saturated rings. The topological polar surface area (TPSA) is 137 Å². The zero-order valence-corrected chi connectivity index (χ0v) is 12.5. The standard InChI is InChI=1S/C15H17FN4O4/c16-11-12(22)10(6-21)24-14(11)20-5-8(13(18)19-15(20)23)7-3-1-2-4-9(7)17/h1-5,10-12,14,21-22H,6,17H2,(H2,18,19,23)/t10-,11+,12-,14-/m1/s1. The van der Waals surface area contributed by atoms with E-state index >= 15 is 0 Å². The highest BCUT2D eigenvalue weighted by Gasteiger charge is 2.45. The lowest BCUT2D eigenvalue weighted by Crippen LogP contribution is -2.33. The summed E-state index contributed by atoms with van der Waals surface area (Å²) in [7, 11) is 0. The van der Waals surface area contributed by atoms with Gasteiger partial charge in [0, 0.05) is 23.0 Å². The number of ether oxygens (including phenoxy) is 1. The molecule has 0 bridgehead atoms. The third-order valence-electron chi connectivity index (χ3n) is 3.98. The van der Waals surface area contributed by atoms with Crippen LogP contribution < -0.4 is 17.2 Å². The lowest BCUT2D eigenvalue weighted by Gasteiger charge is -2.18. The minimum Gasteiger partial charge on any atom is -0.398 e. The zero-order chi connectivity index (χ0) is 17.4. The summed E-state index contributed by atoms with van der Waals surface area (Å²) < 4.78 is 20.4. The summed E-state index contributed by atoms with van der Waals surface area (Å²) in [6, 6.07) is 6.81. The molecule has 1 aromatic carbocycles. The molecule has 9 heteroatoms. The van der Waals surface area contributed by atoms with Crippen molar-refractivity contribution in [3.05, 3.63) is 40.9 Å². The van der Waals surface area contributed by atoms with Gasteiger partial charge in [0.15, 0.2) is 12.4 Å². The largest absolute Gasteiger partial charge is 0.398 e. The molecular formula is C15H17FN4O4. The number of aromatic nitrogens is 2. The summed E-state index contributed by atoms with van der Waals surface area (Å²) >= 11 is 0. The van der Waals surface area contributed by atoms with Crippen LogP contribution in [0.3, 0.4) is 0 Å². The second-order valence-electron chi connectivity index (χ2n) is 5.50. The van der Waals surface area contributed by atoms with E-state index < -0.39 is 36.9 Å². The summed E-state index contributed by atoms with van der Waals surface area (Å²) in [5, 5.41) is 18.8. The molecule has 3 rings (SSSR count). The predicted octanol–water partition coefficient (Wildman–Crippen LogP) is -0.337. The van der Waals surface area contributed by atoms with Crippen LogP contribution >= 0.6 is 0 Å². The lowest BCUT2D eigenvalue weighted by atomic mass is 10.1. The van der Waals surface area contributed by atoms with Gasteiger partial charge in [0.2, 0.25) is 0 Å². The number of benzene rings is 1. The fraction of sp³-hybridized carbons (Fsp3) is 0.333. The van der Waals surface area contributed by atoms with Crippen molar-refractivity contribution < 1.29 is 19.3 Å². The highest BCUT2D eigenvalue weighted by atomic mass is 19.1. The van der Waals surface area contributed by atoms with Crippen LogP contribution in [0.25, 0.3) is 11.1 Å². The molecule has 0 unspecified atom stereocenters. The minimum atomic E-state index is -1.90. The van der Waals surface area contributed by atoms with Crippen molar-refractivity contribution in [1.82, 2.24) is 9.55 Å². The van der Waals surface area contributed by atoms with Crippen LogP contribution in [0.2, 0.25) is 0 Å². The van der Waals surface area contributed by atoms with Gasteiger partial charge in [-0.3, -0.25) is 4.57 Å². The molecule has 1 saturated heterocycles. The molecular weight excluding hydrogens is 319 g/mol. The zero-order valence-electron chi connectivity index (χ0n) is 12.5. The summed E-state index contributed by atoms with van der Waals surface area (Å²) in [5.41, 5.74) is 12.2. The number of nitrogens with two attached hydrogens (primary N) is 2. The smallest absolute Gasteiger partial charge is 0.351 e. The summed E-state index contributed by atoms with van der Waals surface area (Å²) in [5.74, 6) is -0.0539. The van der Waals surface area contributed by atoms with E-state index in [1.54, 1.807) is 24.3 Å². The highest BCUT2D eigenvalue weighted by Crippen LogP contribution is 2.33. The molecule has 0 saturated carbocycles. The highest BCUT2D eigenvalue weighted by molar-refractivity contribution is 5.81. The van der Waals surface area contributed by atoms with Crippen LogP contribution in [0.5, 0.6) is 0 Å². The van der Waals surface area contributed by atoms with E-state index in [4.69, 9.17) is 21.3 Å². The van der Waals surface area contributed by atoms with Gasteiger partial charge in [-0.2, -0.15) is 4.98 Å². The molecule has 24 heavy (non-hydrogen) atoms. The number of para-hydroxylation sites is 1. The van der Waals surface area contributed by atoms with Gasteiger partial charge in [-0.1, -0.05) is 18.2 Å². The van der Waals surface area contributed by atoms with Crippen LogP contribution in [-0.2, 0) is 4.74 Å². The Hall–Kier alpha value is -2.49. The molecule has 0 aliphatic carbocycles. The molecule has 1 aromatic heterocycles. The Morgan fingerprint density at radius 2 is 2.00 bits per heavy atom. The minimum absolute atomic E-state index is 0.0539. The molecule has 128 valence electrons. The number of nitrogen functional groups attached to an aromatic ring is 2. The fourth-order valence-electron chi connectivity index (χ4n) is 2.69. The number of halogens is 1. The average molecular weight is 336 g/mol. The van der Waals surface area contributed by atoms with Gasteiger partial charge >= 0.3 is 5.69 Å². The number of nitrogens with zero attached hydrogens (tertiary/aromatic N) is 2. The molecule has 2 heterocycles. The van der Waals surface area contributed by atoms with E-state index in [-0.39, 0.29) is 5.82 Å². The van der Waals surface area contributed by atoms with Crippen molar-refractivity contribution >= 4 is 11.5 Å². The van der Waals surface area contributed by atoms with Gasteiger partial charge in [0.25, 0.3) is 0 Å². The van der Waals surface area contributed by atoms with Crippen LogP contribution in [-0.4, -0.2) is 44.8 Å². The van der Waals surface area contributed by atoms with Gasteiger partial charge in [-0.05, 0) is 6.07 Å². The number of alkyl halides is 1. The third-order valence-corrected chi connectivity index (χ3v) is 3.98. The summed E-state index contributed by atoms with van der Waals surface area (Å²) in [6.07, 6.45) is -4.69. The van der Waals surface area contributed by atoms with Crippen LogP contribution in [0, 0.1) is 0 Å². The molecule has 6 N–H and O–H groups in total. The quantitative estimate of drug-likeness (QED) is 0.563. The number of hydrogen-bond donors (Lipinski definition) is 4. The second-order valence-corrected chi connectivity index (χ2v) is 5.50. The first-order valence-corrected chi connectivity index (χ1v) is 7.26. The van der Waals surface area contributed by atoms with Crippen LogP contribution in [0.1, 0.15) is 6.23 Å². The van der Waals surface area contributed by atoms with Crippen molar-refractivity contribution in [3.63, 3.8) is 0 Å². The number of rotatable bonds is 3. The maximum absolute atomic E-state index is 14.3. The van der Waals surface area contributed by atoms with Crippen LogP contribution in [0.4, 0.5) is 15.9 Å². The number of anilines is 2. The van der Waals surface area contributed by atoms with Gasteiger partial charge in [0.1, 0.15) is 18.0 Å². The third kappa shape index (κ3) is 2.62. The Morgan fingerprint density at radius 1 is 1.29 bits per heavy atom. The average Bonchev–Trinajstić information content (AvgIpc) is 2.84. The van der Waals surface area contributed by atoms with E-state index in [0.29, 0.717) is 16.8 Å². The molecule has 0 spiro atoms. The van der Waals surface area contributed by atoms with Gasteiger partial charge in [-0.25, -0.2) is 9.18 Å². The summed E-state index contributed by atoms with van der Waals surface area (Å²) in [6.45, 7) is -0.576. The monoisotopic (exact) mass is 336 g/mol. The molecule has 8 nitrogen and oxygen atoms in total. The molecule has 0 radical (unpaired) electrons. The maximum atomic E-state index is 14.3. The first kappa shape index (κ1) is 16.4. The van der Waals surface area contributed by atoms with Crippen molar-refractivity contribution in [3.8, 4) is 11.1 Å². The Kier molecular flexibility index (Phi) is 4.22. The summed E-state index contributed by atoms with van der Waals surface area (Å²) in [4.78, 5) is 15.8. The SMILES string of the molecule is Nc1ccccc1-c1cn([C@@H]2O[C@H](CO)[C@@H](O)[C@@H]2F)c(=O)nc1N. The predicted molar refractivity (Wildman–Crippen MR) is 84.7 cm³/mol. The van der Waals surface area contributed by atoms with Gasteiger partial charge < -0.3 is 26.4 Å². The Labute approximate surface area is 136 Å². The first-order valence-electron chi connectivity index (χ1n) is 7.26. The molecule has 0 amide bonds. The van der Waals surface area contributed by atoms with E-state index in [9.17, 15) is 14.3 Å². The molecule has 2 aromatic rings.